The minimum atomic E-state index is -0.577. The molecule has 0 saturated heterocycles. The van der Waals surface area contributed by atoms with Crippen molar-refractivity contribution in [1.82, 2.24) is 0 Å². The van der Waals surface area contributed by atoms with E-state index in [4.69, 9.17) is 5.73 Å². The molecule has 0 aliphatic rings. The van der Waals surface area contributed by atoms with Gasteiger partial charge in [-0.3, -0.25) is 0 Å². The molecule has 0 radical (unpaired) electrons. The Bertz CT molecular complexity index is 559. The summed E-state index contributed by atoms with van der Waals surface area (Å²) < 4.78 is 28.3. The average molecular weight is 276 g/mol. The van der Waals surface area contributed by atoms with Gasteiger partial charge in [0.05, 0.1) is 0 Å². The molecule has 4 heteroatoms. The minimum absolute atomic E-state index is 0.0513. The molecule has 0 heterocycles. The smallest absolute Gasteiger partial charge is 0.150 e. The number of hydrogen-bond acceptors (Lipinski definition) is 2. The monoisotopic (exact) mass is 276 g/mol. The van der Waals surface area contributed by atoms with Crippen LogP contribution in [0.1, 0.15) is 12.5 Å². The van der Waals surface area contributed by atoms with Crippen molar-refractivity contribution in [3.05, 3.63) is 59.7 Å². The third-order valence-corrected chi connectivity index (χ3v) is 3.11. The number of para-hydroxylation sites is 1. The van der Waals surface area contributed by atoms with Gasteiger partial charge in [0.1, 0.15) is 17.3 Å². The second-order valence-corrected chi connectivity index (χ2v) is 4.98. The topological polar surface area (TPSA) is 29.3 Å². The lowest BCUT2D eigenvalue weighted by molar-refractivity contribution is 0.578. The van der Waals surface area contributed by atoms with Crippen LogP contribution in [0.15, 0.2) is 42.5 Å². The van der Waals surface area contributed by atoms with Crippen LogP contribution in [0, 0.1) is 11.6 Å². The fraction of sp³-hybridized carbons (Fsp3) is 0.250. The zero-order chi connectivity index (χ0) is 14.7. The van der Waals surface area contributed by atoms with Crippen molar-refractivity contribution in [3.63, 3.8) is 0 Å². The fourth-order valence-corrected chi connectivity index (χ4v) is 2.21. The zero-order valence-corrected chi connectivity index (χ0v) is 11.6. The summed E-state index contributed by atoms with van der Waals surface area (Å²) in [7, 11) is 1.64. The van der Waals surface area contributed by atoms with E-state index in [-0.39, 0.29) is 11.7 Å². The number of benzene rings is 2. The van der Waals surface area contributed by atoms with Gasteiger partial charge in [-0.15, -0.1) is 0 Å². The first-order valence-electron chi connectivity index (χ1n) is 6.51. The van der Waals surface area contributed by atoms with E-state index in [2.05, 4.69) is 0 Å². The van der Waals surface area contributed by atoms with Crippen LogP contribution in [0.4, 0.5) is 20.2 Å². The van der Waals surface area contributed by atoms with E-state index in [1.165, 1.54) is 17.0 Å². The second-order valence-electron chi connectivity index (χ2n) is 4.98. The maximum absolute atomic E-state index is 14.2. The van der Waals surface area contributed by atoms with Gasteiger partial charge in [0.15, 0.2) is 0 Å². The Hall–Kier alpha value is -1.94. The summed E-state index contributed by atoms with van der Waals surface area (Å²) in [6.45, 7) is 1.81. The summed E-state index contributed by atoms with van der Waals surface area (Å²) in [6, 6.07) is 11.7. The van der Waals surface area contributed by atoms with Gasteiger partial charge in [0.25, 0.3) is 0 Å². The van der Waals surface area contributed by atoms with E-state index in [0.717, 1.165) is 5.69 Å². The third kappa shape index (κ3) is 3.14. The van der Waals surface area contributed by atoms with Crippen molar-refractivity contribution in [1.29, 1.82) is 0 Å². The molecule has 2 N–H and O–H groups in total. The van der Waals surface area contributed by atoms with Gasteiger partial charge in [-0.05, 0) is 43.2 Å². The molecule has 2 aromatic carbocycles. The van der Waals surface area contributed by atoms with Crippen molar-refractivity contribution in [3.8, 4) is 0 Å². The Kier molecular flexibility index (Phi) is 4.35. The van der Waals surface area contributed by atoms with Crippen LogP contribution < -0.4 is 10.6 Å². The van der Waals surface area contributed by atoms with Crippen molar-refractivity contribution < 1.29 is 8.78 Å². The summed E-state index contributed by atoms with van der Waals surface area (Å²) in [5.41, 5.74) is 6.90. The van der Waals surface area contributed by atoms with Gasteiger partial charge >= 0.3 is 0 Å². The van der Waals surface area contributed by atoms with Crippen LogP contribution in [0.25, 0.3) is 0 Å². The standard InChI is InChI=1S/C16H18F2N2/c1-11(19)8-12-9-14(17)16(15(18)10-12)20(2)13-6-4-3-5-7-13/h3-7,9-11H,8,19H2,1-2H3. The van der Waals surface area contributed by atoms with E-state index < -0.39 is 11.6 Å². The van der Waals surface area contributed by atoms with Crippen molar-refractivity contribution in [2.24, 2.45) is 5.73 Å². The summed E-state index contributed by atoms with van der Waals surface area (Å²) in [6.07, 6.45) is 0.448. The Labute approximate surface area is 117 Å². The summed E-state index contributed by atoms with van der Waals surface area (Å²) >= 11 is 0. The molecule has 0 aromatic heterocycles. The first-order chi connectivity index (χ1) is 9.49. The van der Waals surface area contributed by atoms with Crippen LogP contribution in [-0.4, -0.2) is 13.1 Å². The van der Waals surface area contributed by atoms with Gasteiger partial charge in [-0.1, -0.05) is 18.2 Å². The number of rotatable bonds is 4. The maximum atomic E-state index is 14.2. The molecule has 2 nitrogen and oxygen atoms in total. The van der Waals surface area contributed by atoms with Crippen LogP contribution in [-0.2, 0) is 6.42 Å². The first-order valence-corrected chi connectivity index (χ1v) is 6.51. The molecule has 1 atom stereocenters. The van der Waals surface area contributed by atoms with E-state index in [1.807, 2.05) is 18.2 Å². The Morgan fingerprint density at radius 1 is 1.10 bits per heavy atom. The van der Waals surface area contributed by atoms with Gasteiger partial charge in [-0.2, -0.15) is 0 Å². The Morgan fingerprint density at radius 3 is 2.15 bits per heavy atom. The summed E-state index contributed by atoms with van der Waals surface area (Å²) in [5.74, 6) is -1.15. The highest BCUT2D eigenvalue weighted by Crippen LogP contribution is 2.30. The molecule has 0 saturated carbocycles. The molecule has 20 heavy (non-hydrogen) atoms. The number of halogens is 2. The van der Waals surface area contributed by atoms with E-state index in [0.29, 0.717) is 12.0 Å². The lowest BCUT2D eigenvalue weighted by Gasteiger charge is -2.21. The van der Waals surface area contributed by atoms with E-state index in [9.17, 15) is 8.78 Å². The second kappa shape index (κ2) is 6.01. The van der Waals surface area contributed by atoms with Crippen LogP contribution in [0.2, 0.25) is 0 Å². The fourth-order valence-electron chi connectivity index (χ4n) is 2.21. The molecule has 0 aliphatic heterocycles. The Balaban J connectivity index is 2.38. The summed E-state index contributed by atoms with van der Waals surface area (Å²) in [5, 5.41) is 0. The van der Waals surface area contributed by atoms with Crippen LogP contribution in [0.3, 0.4) is 0 Å². The lowest BCUT2D eigenvalue weighted by Crippen LogP contribution is -2.19. The van der Waals surface area contributed by atoms with Crippen molar-refractivity contribution in [2.75, 3.05) is 11.9 Å². The Morgan fingerprint density at radius 2 is 1.65 bits per heavy atom. The van der Waals surface area contributed by atoms with Gasteiger partial charge < -0.3 is 10.6 Å². The van der Waals surface area contributed by atoms with Crippen LogP contribution >= 0.6 is 0 Å². The first kappa shape index (κ1) is 14.5. The molecule has 0 spiro atoms. The third-order valence-electron chi connectivity index (χ3n) is 3.11. The highest BCUT2D eigenvalue weighted by atomic mass is 19.1. The van der Waals surface area contributed by atoms with Gasteiger partial charge in [0, 0.05) is 18.8 Å². The quantitative estimate of drug-likeness (QED) is 0.924. The molecule has 2 rings (SSSR count). The van der Waals surface area contributed by atoms with Crippen molar-refractivity contribution in [2.45, 2.75) is 19.4 Å². The average Bonchev–Trinajstić information content (AvgIpc) is 2.38. The van der Waals surface area contributed by atoms with E-state index >= 15 is 0 Å². The van der Waals surface area contributed by atoms with E-state index in [1.54, 1.807) is 26.1 Å². The number of nitrogens with zero attached hydrogens (tertiary/aromatic N) is 1. The number of anilines is 2. The zero-order valence-electron chi connectivity index (χ0n) is 11.6. The predicted octanol–water partition coefficient (Wildman–Crippen LogP) is 3.62. The van der Waals surface area contributed by atoms with Gasteiger partial charge in [0.2, 0.25) is 0 Å². The highest BCUT2D eigenvalue weighted by molar-refractivity contribution is 5.63. The van der Waals surface area contributed by atoms with Crippen LogP contribution in [0.5, 0.6) is 0 Å². The number of hydrogen-bond donors (Lipinski definition) is 1. The molecule has 1 unspecified atom stereocenters. The molecule has 0 aliphatic carbocycles. The molecule has 0 bridgehead atoms. The highest BCUT2D eigenvalue weighted by Gasteiger charge is 2.16. The molecule has 106 valence electrons. The minimum Gasteiger partial charge on any atom is -0.340 e. The molecular formula is C16H18F2N2. The molecule has 0 amide bonds. The summed E-state index contributed by atoms with van der Waals surface area (Å²) in [4.78, 5) is 1.50. The lowest BCUT2D eigenvalue weighted by atomic mass is 10.1. The molecule has 0 fully saturated rings. The maximum Gasteiger partial charge on any atom is 0.150 e. The SMILES string of the molecule is CC(N)Cc1cc(F)c(N(C)c2ccccc2)c(F)c1. The number of nitrogens with two attached hydrogens (primary N) is 1. The van der Waals surface area contributed by atoms with Gasteiger partial charge in [-0.25, -0.2) is 8.78 Å². The van der Waals surface area contributed by atoms with Crippen molar-refractivity contribution >= 4 is 11.4 Å². The molecule has 2 aromatic rings. The molecular weight excluding hydrogens is 258 g/mol. The normalized spacial score (nSPS) is 12.2. The predicted molar refractivity (Wildman–Crippen MR) is 78.2 cm³/mol. The largest absolute Gasteiger partial charge is 0.340 e.